The molecule has 29 heavy (non-hydrogen) atoms. The van der Waals surface area contributed by atoms with E-state index in [2.05, 4.69) is 10.8 Å². The number of aliphatic carboxylic acids is 1. The zero-order valence-corrected chi connectivity index (χ0v) is 17.5. The highest BCUT2D eigenvalue weighted by Gasteiger charge is 2.27. The van der Waals surface area contributed by atoms with E-state index in [1.54, 1.807) is 0 Å². The van der Waals surface area contributed by atoms with Crippen molar-refractivity contribution in [1.82, 2.24) is 0 Å². The first kappa shape index (κ1) is 19.4. The van der Waals surface area contributed by atoms with Gasteiger partial charge in [0, 0.05) is 5.56 Å². The highest BCUT2D eigenvalue weighted by molar-refractivity contribution is 7.85. The second-order valence-corrected chi connectivity index (χ2v) is 8.72. The number of anilines is 1. The van der Waals surface area contributed by atoms with Gasteiger partial charge >= 0.3 is 5.97 Å². The minimum Gasteiger partial charge on any atom is -0.481 e. The SMILES string of the molecule is Cc1ccc(-c2c(C)c3c(c(C)c2CC(=O)O)NS(=O)Cc2ccccc2-3)cc1. The molecule has 1 heterocycles. The molecule has 0 bridgehead atoms. The van der Waals surface area contributed by atoms with Crippen molar-refractivity contribution >= 4 is 22.6 Å². The molecule has 4 rings (SSSR count). The van der Waals surface area contributed by atoms with E-state index in [9.17, 15) is 14.1 Å². The van der Waals surface area contributed by atoms with Crippen LogP contribution in [0.1, 0.15) is 27.8 Å². The van der Waals surface area contributed by atoms with Crippen LogP contribution in [0.5, 0.6) is 0 Å². The Labute approximate surface area is 173 Å². The van der Waals surface area contributed by atoms with Crippen molar-refractivity contribution in [2.75, 3.05) is 4.72 Å². The summed E-state index contributed by atoms with van der Waals surface area (Å²) in [6.45, 7) is 5.99. The second kappa shape index (κ2) is 7.48. The molecule has 0 saturated heterocycles. The summed E-state index contributed by atoms with van der Waals surface area (Å²) in [5.41, 5.74) is 9.58. The van der Waals surface area contributed by atoms with Gasteiger partial charge in [-0.15, -0.1) is 0 Å². The van der Waals surface area contributed by atoms with Crippen LogP contribution >= 0.6 is 0 Å². The second-order valence-electron chi connectivity index (χ2n) is 7.54. The van der Waals surface area contributed by atoms with E-state index in [-0.39, 0.29) is 6.42 Å². The van der Waals surface area contributed by atoms with Gasteiger partial charge in [0.1, 0.15) is 11.0 Å². The van der Waals surface area contributed by atoms with Gasteiger partial charge in [-0.05, 0) is 59.7 Å². The normalized spacial score (nSPS) is 15.1. The molecule has 1 aliphatic heterocycles. The number of carboxylic acid groups (broad SMARTS) is 1. The molecule has 0 fully saturated rings. The summed E-state index contributed by atoms with van der Waals surface area (Å²) in [6.07, 6.45) is -0.0842. The Morgan fingerprint density at radius 2 is 1.69 bits per heavy atom. The minimum atomic E-state index is -1.27. The van der Waals surface area contributed by atoms with E-state index in [0.29, 0.717) is 5.75 Å². The highest BCUT2D eigenvalue weighted by atomic mass is 32.2. The van der Waals surface area contributed by atoms with E-state index in [1.165, 1.54) is 0 Å². The fourth-order valence-electron chi connectivity index (χ4n) is 4.19. The van der Waals surface area contributed by atoms with Gasteiger partial charge in [0.2, 0.25) is 0 Å². The number of benzene rings is 3. The summed E-state index contributed by atoms with van der Waals surface area (Å²) < 4.78 is 15.8. The fraction of sp³-hybridized carbons (Fsp3) is 0.208. The van der Waals surface area contributed by atoms with Crippen LogP contribution in [0.25, 0.3) is 22.3 Å². The maximum Gasteiger partial charge on any atom is 0.307 e. The molecule has 1 unspecified atom stereocenters. The smallest absolute Gasteiger partial charge is 0.307 e. The third kappa shape index (κ3) is 3.47. The Hall–Kier alpha value is -2.92. The molecule has 3 aromatic carbocycles. The molecule has 3 aromatic rings. The Bertz CT molecular complexity index is 1150. The molecule has 0 amide bonds. The monoisotopic (exact) mass is 405 g/mol. The number of rotatable bonds is 3. The molecule has 5 heteroatoms. The van der Waals surface area contributed by atoms with Gasteiger partial charge in [0.15, 0.2) is 0 Å². The van der Waals surface area contributed by atoms with Crippen molar-refractivity contribution in [3.05, 3.63) is 76.3 Å². The number of hydrogen-bond donors (Lipinski definition) is 2. The van der Waals surface area contributed by atoms with Crippen LogP contribution in [0.4, 0.5) is 5.69 Å². The van der Waals surface area contributed by atoms with Crippen molar-refractivity contribution in [2.45, 2.75) is 32.9 Å². The van der Waals surface area contributed by atoms with E-state index in [0.717, 1.165) is 55.8 Å². The van der Waals surface area contributed by atoms with Crippen molar-refractivity contribution in [1.29, 1.82) is 0 Å². The van der Waals surface area contributed by atoms with Crippen molar-refractivity contribution in [3.63, 3.8) is 0 Å². The van der Waals surface area contributed by atoms with Crippen LogP contribution in [0.3, 0.4) is 0 Å². The van der Waals surface area contributed by atoms with Crippen LogP contribution in [0.2, 0.25) is 0 Å². The molecule has 0 aromatic heterocycles. The van der Waals surface area contributed by atoms with Gasteiger partial charge in [-0.25, -0.2) is 4.21 Å². The summed E-state index contributed by atoms with van der Waals surface area (Å²) in [7, 11) is -1.27. The predicted molar refractivity (Wildman–Crippen MR) is 118 cm³/mol. The van der Waals surface area contributed by atoms with Gasteiger partial charge in [0.05, 0.1) is 17.9 Å². The van der Waals surface area contributed by atoms with Gasteiger partial charge in [-0.1, -0.05) is 54.1 Å². The van der Waals surface area contributed by atoms with E-state index in [1.807, 2.05) is 63.2 Å². The molecule has 1 atom stereocenters. The van der Waals surface area contributed by atoms with Gasteiger partial charge in [-0.2, -0.15) is 0 Å². The maximum absolute atomic E-state index is 12.7. The van der Waals surface area contributed by atoms with E-state index in [4.69, 9.17) is 0 Å². The first-order chi connectivity index (χ1) is 13.9. The predicted octanol–water partition coefficient (Wildman–Crippen LogP) is 5.16. The highest BCUT2D eigenvalue weighted by Crippen LogP contribution is 2.45. The molecular weight excluding hydrogens is 382 g/mol. The van der Waals surface area contributed by atoms with Crippen LogP contribution in [0.15, 0.2) is 48.5 Å². The lowest BCUT2D eigenvalue weighted by molar-refractivity contribution is -0.136. The van der Waals surface area contributed by atoms with Gasteiger partial charge in [-0.3, -0.25) is 4.79 Å². The van der Waals surface area contributed by atoms with Crippen molar-refractivity contribution < 1.29 is 14.1 Å². The first-order valence-corrected chi connectivity index (χ1v) is 10.9. The average molecular weight is 406 g/mol. The number of fused-ring (bicyclic) bond motifs is 3. The topological polar surface area (TPSA) is 66.4 Å². The lowest BCUT2D eigenvalue weighted by Gasteiger charge is -2.23. The summed E-state index contributed by atoms with van der Waals surface area (Å²) in [6, 6.07) is 16.2. The first-order valence-electron chi connectivity index (χ1n) is 9.55. The Kier molecular flexibility index (Phi) is 5.01. The molecule has 0 radical (unpaired) electrons. The molecule has 4 nitrogen and oxygen atoms in total. The lowest BCUT2D eigenvalue weighted by Crippen LogP contribution is -2.11. The number of carboxylic acids is 1. The zero-order valence-electron chi connectivity index (χ0n) is 16.7. The van der Waals surface area contributed by atoms with Crippen LogP contribution in [-0.2, 0) is 28.0 Å². The third-order valence-corrected chi connectivity index (χ3v) is 6.59. The standard InChI is InChI=1S/C24H23NO3S/c1-14-8-10-17(11-9-14)22-16(3)23-19-7-5-4-6-18(19)13-29(28)25-24(23)15(2)20(22)12-21(26)27/h4-11,25H,12-13H2,1-3H3,(H,26,27). The molecule has 0 aliphatic carbocycles. The lowest BCUT2D eigenvalue weighted by atomic mass is 9.82. The van der Waals surface area contributed by atoms with E-state index < -0.39 is 17.0 Å². The average Bonchev–Trinajstić information content (AvgIpc) is 2.83. The van der Waals surface area contributed by atoms with Crippen LogP contribution in [-0.4, -0.2) is 15.3 Å². The molecule has 1 aliphatic rings. The van der Waals surface area contributed by atoms with Gasteiger partial charge < -0.3 is 9.83 Å². The zero-order chi connectivity index (χ0) is 20.7. The minimum absolute atomic E-state index is 0.0842. The number of carbonyl (C=O) groups is 1. The Morgan fingerprint density at radius 3 is 2.38 bits per heavy atom. The quantitative estimate of drug-likeness (QED) is 0.632. The molecule has 0 saturated carbocycles. The number of aryl methyl sites for hydroxylation is 1. The molecular formula is C24H23NO3S. The van der Waals surface area contributed by atoms with Gasteiger partial charge in [0.25, 0.3) is 0 Å². The Morgan fingerprint density at radius 1 is 1.00 bits per heavy atom. The molecule has 2 N–H and O–H groups in total. The Balaban J connectivity index is 2.11. The summed E-state index contributed by atoms with van der Waals surface area (Å²) >= 11 is 0. The van der Waals surface area contributed by atoms with Crippen molar-refractivity contribution in [2.24, 2.45) is 0 Å². The fourth-order valence-corrected chi connectivity index (χ4v) is 5.28. The van der Waals surface area contributed by atoms with E-state index >= 15 is 0 Å². The maximum atomic E-state index is 12.7. The summed E-state index contributed by atoms with van der Waals surface area (Å²) in [4.78, 5) is 11.7. The van der Waals surface area contributed by atoms with Crippen LogP contribution in [0, 0.1) is 20.8 Å². The largest absolute Gasteiger partial charge is 0.481 e. The summed E-state index contributed by atoms with van der Waals surface area (Å²) in [5, 5.41) is 9.59. The number of hydrogen-bond acceptors (Lipinski definition) is 2. The molecule has 148 valence electrons. The van der Waals surface area contributed by atoms with Crippen molar-refractivity contribution in [3.8, 4) is 22.3 Å². The third-order valence-electron chi connectivity index (χ3n) is 5.59. The molecule has 0 spiro atoms. The van der Waals surface area contributed by atoms with Crippen LogP contribution < -0.4 is 4.72 Å². The number of nitrogens with one attached hydrogen (secondary N) is 1. The summed E-state index contributed by atoms with van der Waals surface area (Å²) in [5.74, 6) is -0.464.